The summed E-state index contributed by atoms with van der Waals surface area (Å²) in [5, 5.41) is 3.68. The predicted octanol–water partition coefficient (Wildman–Crippen LogP) is 4.20. The fourth-order valence-electron chi connectivity index (χ4n) is 3.88. The number of nitrogens with zero attached hydrogens (tertiary/aromatic N) is 2. The molecular weight excluding hydrogens is 362 g/mol. The predicted molar refractivity (Wildman–Crippen MR) is 105 cm³/mol. The Balaban J connectivity index is 1.34. The maximum Gasteiger partial charge on any atom is 0.410 e. The summed E-state index contributed by atoms with van der Waals surface area (Å²) in [6.07, 6.45) is 6.21. The first kappa shape index (κ1) is 18.7. The van der Waals surface area contributed by atoms with Gasteiger partial charge in [0.15, 0.2) is 5.13 Å². The molecular formula is C20H29N3O3S. The number of hydrogen-bond acceptors (Lipinski definition) is 5. The average molecular weight is 392 g/mol. The lowest BCUT2D eigenvalue weighted by Crippen LogP contribution is -2.39. The van der Waals surface area contributed by atoms with E-state index >= 15 is 0 Å². The Labute approximate surface area is 164 Å². The summed E-state index contributed by atoms with van der Waals surface area (Å²) in [5.41, 5.74) is 0.500. The Hall–Kier alpha value is -1.63. The largest absolute Gasteiger partial charge is 0.444 e. The Morgan fingerprint density at radius 2 is 1.93 bits per heavy atom. The summed E-state index contributed by atoms with van der Waals surface area (Å²) in [4.78, 5) is 32.1. The number of nitrogens with one attached hydrogen (secondary N) is 1. The Bertz CT molecular complexity index is 719. The van der Waals surface area contributed by atoms with E-state index in [1.807, 2.05) is 20.8 Å². The number of carbonyl (C=O) groups excluding carboxylic acids is 2. The number of thiazole rings is 1. The van der Waals surface area contributed by atoms with Crippen LogP contribution in [0, 0.1) is 17.8 Å². The molecule has 4 rings (SSSR count). The number of fused-ring (bicyclic) bond motifs is 1. The monoisotopic (exact) mass is 391 g/mol. The van der Waals surface area contributed by atoms with E-state index in [0.717, 1.165) is 22.4 Å². The van der Waals surface area contributed by atoms with E-state index in [4.69, 9.17) is 4.74 Å². The van der Waals surface area contributed by atoms with Gasteiger partial charge in [-0.3, -0.25) is 4.79 Å². The normalized spacial score (nSPS) is 19.8. The molecule has 6 nitrogen and oxygen atoms in total. The molecule has 1 aromatic rings. The van der Waals surface area contributed by atoms with Gasteiger partial charge in [-0.15, -0.1) is 0 Å². The lowest BCUT2D eigenvalue weighted by Gasteiger charge is -2.29. The quantitative estimate of drug-likeness (QED) is 0.816. The van der Waals surface area contributed by atoms with Crippen molar-refractivity contribution in [1.29, 1.82) is 0 Å². The van der Waals surface area contributed by atoms with Crippen molar-refractivity contribution in [1.82, 2.24) is 9.88 Å². The second-order valence-corrected chi connectivity index (χ2v) is 10.2. The van der Waals surface area contributed by atoms with Gasteiger partial charge in [0.25, 0.3) is 0 Å². The van der Waals surface area contributed by atoms with Gasteiger partial charge in [0.05, 0.1) is 12.2 Å². The van der Waals surface area contributed by atoms with E-state index in [0.29, 0.717) is 37.0 Å². The number of hydrogen-bond donors (Lipinski definition) is 1. The minimum Gasteiger partial charge on any atom is -0.444 e. The van der Waals surface area contributed by atoms with Crippen molar-refractivity contribution in [2.45, 2.75) is 71.4 Å². The molecule has 2 saturated carbocycles. The summed E-state index contributed by atoms with van der Waals surface area (Å²) in [6, 6.07) is 0. The molecule has 0 atom stereocenters. The molecule has 0 spiro atoms. The average Bonchev–Trinajstić information content (AvgIpc) is 3.47. The van der Waals surface area contributed by atoms with Gasteiger partial charge in [0.2, 0.25) is 5.91 Å². The highest BCUT2D eigenvalue weighted by Gasteiger charge is 2.42. The zero-order chi connectivity index (χ0) is 19.2. The van der Waals surface area contributed by atoms with Gasteiger partial charge >= 0.3 is 6.09 Å². The molecule has 0 unspecified atom stereocenters. The first-order chi connectivity index (χ1) is 12.8. The third-order valence-electron chi connectivity index (χ3n) is 5.51. The molecule has 2 amide bonds. The maximum atomic E-state index is 12.5. The summed E-state index contributed by atoms with van der Waals surface area (Å²) in [7, 11) is 0. The summed E-state index contributed by atoms with van der Waals surface area (Å²) in [6.45, 7) is 6.72. The van der Waals surface area contributed by atoms with Crippen molar-refractivity contribution >= 4 is 28.5 Å². The van der Waals surface area contributed by atoms with Gasteiger partial charge < -0.3 is 15.0 Å². The van der Waals surface area contributed by atoms with Crippen LogP contribution in [0.15, 0.2) is 0 Å². The zero-order valence-corrected chi connectivity index (χ0v) is 17.2. The van der Waals surface area contributed by atoms with E-state index in [-0.39, 0.29) is 12.0 Å². The second kappa shape index (κ2) is 7.08. The fraction of sp³-hybridized carbons (Fsp3) is 0.750. The van der Waals surface area contributed by atoms with Crippen molar-refractivity contribution in [2.24, 2.45) is 17.8 Å². The molecule has 0 radical (unpaired) electrons. The van der Waals surface area contributed by atoms with Crippen molar-refractivity contribution in [3.05, 3.63) is 10.6 Å². The molecule has 2 aliphatic carbocycles. The molecule has 1 aliphatic heterocycles. The van der Waals surface area contributed by atoms with Crippen LogP contribution in [0.1, 0.15) is 63.4 Å². The molecule has 2 heterocycles. The minimum absolute atomic E-state index is 0.0916. The number of rotatable bonds is 5. The lowest BCUT2D eigenvalue weighted by molar-refractivity contribution is -0.117. The summed E-state index contributed by atoms with van der Waals surface area (Å²) in [5.74, 6) is 2.21. The van der Waals surface area contributed by atoms with Crippen LogP contribution in [0.25, 0.3) is 0 Å². The molecule has 0 aromatic carbocycles. The molecule has 27 heavy (non-hydrogen) atoms. The lowest BCUT2D eigenvalue weighted by atomic mass is 9.94. The van der Waals surface area contributed by atoms with Gasteiger partial charge in [-0.05, 0) is 64.2 Å². The van der Waals surface area contributed by atoms with Crippen LogP contribution < -0.4 is 5.32 Å². The van der Waals surface area contributed by atoms with Crippen LogP contribution in [0.5, 0.6) is 0 Å². The van der Waals surface area contributed by atoms with Crippen molar-refractivity contribution in [2.75, 3.05) is 11.9 Å². The number of anilines is 1. The molecule has 148 valence electrons. The zero-order valence-electron chi connectivity index (χ0n) is 16.4. The molecule has 2 fully saturated rings. The van der Waals surface area contributed by atoms with Crippen LogP contribution in [0.3, 0.4) is 0 Å². The smallest absolute Gasteiger partial charge is 0.410 e. The van der Waals surface area contributed by atoms with E-state index in [2.05, 4.69) is 10.3 Å². The second-order valence-electron chi connectivity index (χ2n) is 9.13. The highest BCUT2D eigenvalue weighted by atomic mass is 32.1. The summed E-state index contributed by atoms with van der Waals surface area (Å²) >= 11 is 1.49. The molecule has 0 bridgehead atoms. The van der Waals surface area contributed by atoms with Crippen LogP contribution in [0.4, 0.5) is 9.93 Å². The minimum atomic E-state index is -0.496. The standard InChI is InChI=1S/C20H29N3O3S/c1-20(2,3)26-19(25)23-9-8-15-16(11-23)27-18(21-15)22-17(24)10-14(12-4-5-12)13-6-7-13/h12-14H,4-11H2,1-3H3,(H,21,22,24). The molecule has 0 saturated heterocycles. The van der Waals surface area contributed by atoms with E-state index in [1.54, 1.807) is 4.90 Å². The van der Waals surface area contributed by atoms with E-state index < -0.39 is 5.60 Å². The van der Waals surface area contributed by atoms with Crippen molar-refractivity contribution in [3.63, 3.8) is 0 Å². The van der Waals surface area contributed by atoms with Gasteiger partial charge in [0, 0.05) is 24.3 Å². The number of ether oxygens (including phenoxy) is 1. The van der Waals surface area contributed by atoms with Gasteiger partial charge in [0.1, 0.15) is 5.60 Å². The van der Waals surface area contributed by atoms with Gasteiger partial charge in [-0.25, -0.2) is 9.78 Å². The number of aromatic nitrogens is 1. The fourth-order valence-corrected chi connectivity index (χ4v) is 4.92. The van der Waals surface area contributed by atoms with Crippen LogP contribution in [-0.2, 0) is 22.5 Å². The van der Waals surface area contributed by atoms with E-state index in [1.165, 1.54) is 37.0 Å². The Kier molecular flexibility index (Phi) is 4.91. The summed E-state index contributed by atoms with van der Waals surface area (Å²) < 4.78 is 5.47. The number of amides is 2. The molecule has 3 aliphatic rings. The first-order valence-electron chi connectivity index (χ1n) is 10.0. The topological polar surface area (TPSA) is 71.5 Å². The molecule has 1 aromatic heterocycles. The van der Waals surface area contributed by atoms with E-state index in [9.17, 15) is 9.59 Å². The Morgan fingerprint density at radius 3 is 2.52 bits per heavy atom. The van der Waals surface area contributed by atoms with Gasteiger partial charge in [-0.2, -0.15) is 0 Å². The van der Waals surface area contributed by atoms with Crippen molar-refractivity contribution < 1.29 is 14.3 Å². The molecule has 7 heteroatoms. The number of carbonyl (C=O) groups is 2. The highest BCUT2D eigenvalue weighted by molar-refractivity contribution is 7.15. The third-order valence-corrected chi connectivity index (χ3v) is 6.50. The maximum absolute atomic E-state index is 12.5. The highest BCUT2D eigenvalue weighted by Crippen LogP contribution is 2.50. The van der Waals surface area contributed by atoms with Crippen LogP contribution in [0.2, 0.25) is 0 Å². The Morgan fingerprint density at radius 1 is 1.26 bits per heavy atom. The van der Waals surface area contributed by atoms with Crippen LogP contribution in [-0.4, -0.2) is 34.0 Å². The van der Waals surface area contributed by atoms with Crippen LogP contribution >= 0.6 is 11.3 Å². The third kappa shape index (κ3) is 4.81. The van der Waals surface area contributed by atoms with Crippen molar-refractivity contribution in [3.8, 4) is 0 Å². The van der Waals surface area contributed by atoms with Gasteiger partial charge in [-0.1, -0.05) is 11.3 Å². The first-order valence-corrected chi connectivity index (χ1v) is 10.9. The SMILES string of the molecule is CC(C)(C)OC(=O)N1CCc2nc(NC(=O)CC(C3CC3)C3CC3)sc2C1. The molecule has 1 N–H and O–H groups in total.